The highest BCUT2D eigenvalue weighted by atomic mass is 16.2. The molecule has 0 rings (SSSR count). The minimum Gasteiger partial charge on any atom is -0.369 e. The number of rotatable bonds is 37. The lowest BCUT2D eigenvalue weighted by atomic mass is 9.86. The van der Waals surface area contributed by atoms with Gasteiger partial charge in [0.2, 0.25) is 5.91 Å². The molecule has 1 amide bonds. The van der Waals surface area contributed by atoms with Crippen LogP contribution in [0.5, 0.6) is 0 Å². The van der Waals surface area contributed by atoms with E-state index in [4.69, 9.17) is 74.5 Å². The topological polar surface area (TPSA) is 458 Å². The van der Waals surface area contributed by atoms with E-state index in [1.807, 2.05) is 13.8 Å². The highest BCUT2D eigenvalue weighted by Gasteiger charge is 2.27. The van der Waals surface area contributed by atoms with Gasteiger partial charge in [-0.15, -0.1) is 0 Å². The second-order valence-corrected chi connectivity index (χ2v) is 25.1. The lowest BCUT2D eigenvalue weighted by Crippen LogP contribution is -2.41. The zero-order chi connectivity index (χ0) is 64.2. The van der Waals surface area contributed by atoms with Gasteiger partial charge in [0.15, 0.2) is 34.7 Å². The zero-order valence-electron chi connectivity index (χ0n) is 54.0. The van der Waals surface area contributed by atoms with Crippen LogP contribution < -0.4 is 74.5 Å². The summed E-state index contributed by atoms with van der Waals surface area (Å²) in [6.07, 6.45) is 9.10. The van der Waals surface area contributed by atoms with Crippen molar-refractivity contribution >= 4 is 40.6 Å². The van der Waals surface area contributed by atoms with E-state index in [1.54, 1.807) is 0 Å². The van der Waals surface area contributed by atoms with Gasteiger partial charge in [-0.2, -0.15) is 0 Å². The fourth-order valence-electron chi connectivity index (χ4n) is 8.94. The maximum atomic E-state index is 11.5. The largest absolute Gasteiger partial charge is 0.369 e. The molecule has 20 heteroatoms. The van der Waals surface area contributed by atoms with E-state index in [2.05, 4.69) is 104 Å². The first kappa shape index (κ1) is 88.2. The Morgan fingerprint density at radius 1 is 0.287 bits per heavy atom. The summed E-state index contributed by atoms with van der Waals surface area (Å²) in [6, 6.07) is -3.00. The average Bonchev–Trinajstić information content (AvgIpc) is 3.35. The van der Waals surface area contributed by atoms with Gasteiger partial charge in [0, 0.05) is 83.7 Å². The predicted octanol–water partition coefficient (Wildman–Crippen LogP) is 3.95. The Balaban J connectivity index is -0.000000206. The van der Waals surface area contributed by atoms with E-state index >= 15 is 0 Å². The zero-order valence-corrected chi connectivity index (χ0v) is 54.0. The number of amides is 1. The minimum absolute atomic E-state index is 0.0932. The first-order valence-electron chi connectivity index (χ1n) is 30.0. The molecule has 0 aliphatic carbocycles. The lowest BCUT2D eigenvalue weighted by molar-refractivity contribution is -0.129. The molecule has 0 heterocycles. The predicted molar refractivity (Wildman–Crippen MR) is 335 cm³/mol. The normalized spacial score (nSPS) is 16.0. The number of hydrogen-bond acceptors (Lipinski definition) is 19. The van der Waals surface area contributed by atoms with Crippen LogP contribution in [0.15, 0.2) is 0 Å². The summed E-state index contributed by atoms with van der Waals surface area (Å²) >= 11 is 0. The van der Waals surface area contributed by atoms with E-state index in [0.717, 1.165) is 38.5 Å². The Labute approximate surface area is 488 Å². The van der Waals surface area contributed by atoms with E-state index in [-0.39, 0.29) is 86.3 Å². The summed E-state index contributed by atoms with van der Waals surface area (Å²) in [6.45, 7) is 37.2. The van der Waals surface area contributed by atoms with Crippen LogP contribution in [0, 0.1) is 71.0 Å². The number of carbonyl (C=O) groups is 7. The molecule has 0 radical (unpaired) electrons. The van der Waals surface area contributed by atoms with Crippen molar-refractivity contribution < 1.29 is 33.6 Å². The third-order valence-corrected chi connectivity index (χ3v) is 13.2. The number of carbonyl (C=O) groups excluding carboxylic acids is 7. The number of Topliss-reactive ketones (excluding diaryl/α,β-unsaturated/α-hetero) is 6. The van der Waals surface area contributed by atoms with E-state index in [1.165, 1.54) is 0 Å². The molecule has 13 atom stereocenters. The van der Waals surface area contributed by atoms with E-state index in [0.29, 0.717) is 91.3 Å². The highest BCUT2D eigenvalue weighted by Crippen LogP contribution is 2.21. The van der Waals surface area contributed by atoms with Crippen LogP contribution in [0.3, 0.4) is 0 Å². The van der Waals surface area contributed by atoms with Crippen molar-refractivity contribution in [3.63, 3.8) is 0 Å². The van der Waals surface area contributed by atoms with Crippen molar-refractivity contribution in [2.24, 2.45) is 146 Å². The van der Waals surface area contributed by atoms with Crippen LogP contribution in [-0.2, 0) is 33.6 Å². The smallest absolute Gasteiger partial charge is 0.221 e. The van der Waals surface area contributed by atoms with Crippen LogP contribution in [-0.4, -0.2) is 116 Å². The summed E-state index contributed by atoms with van der Waals surface area (Å²) < 4.78 is 0. The van der Waals surface area contributed by atoms with Gasteiger partial charge >= 0.3 is 0 Å². The van der Waals surface area contributed by atoms with Crippen LogP contribution in [0.25, 0.3) is 0 Å². The molecule has 0 aromatic carbocycles. The van der Waals surface area contributed by atoms with Gasteiger partial charge in [0.1, 0.15) is 0 Å². The molecule has 26 N–H and O–H groups in total. The summed E-state index contributed by atoms with van der Waals surface area (Å²) in [5.74, 6) is 4.78. The molecule has 0 aromatic heterocycles. The molecule has 0 aliphatic rings. The molecule has 0 spiro atoms. The molecule has 20 nitrogen and oxygen atoms in total. The van der Waals surface area contributed by atoms with Crippen molar-refractivity contribution in [1.29, 1.82) is 0 Å². The van der Waals surface area contributed by atoms with Gasteiger partial charge in [-0.1, -0.05) is 124 Å². The quantitative estimate of drug-likeness (QED) is 0.0419. The molecule has 0 saturated carbocycles. The number of nitrogens with two attached hydrogens (primary N) is 13. The first-order chi connectivity index (χ1) is 36.8. The molecular formula is C60H131N13O7. The maximum Gasteiger partial charge on any atom is 0.221 e. The number of ketones is 6. The van der Waals surface area contributed by atoms with Gasteiger partial charge in [-0.3, -0.25) is 33.6 Å². The van der Waals surface area contributed by atoms with E-state index < -0.39 is 48.1 Å². The van der Waals surface area contributed by atoms with Crippen molar-refractivity contribution in [2.45, 2.75) is 231 Å². The summed E-state index contributed by atoms with van der Waals surface area (Å²) in [5.41, 5.74) is 70.1. The second kappa shape index (κ2) is 52.8. The molecule has 0 aliphatic heterocycles. The molecule has 1 unspecified atom stereocenters. The van der Waals surface area contributed by atoms with Crippen molar-refractivity contribution in [3.8, 4) is 0 Å². The average molecular weight is 1150 g/mol. The molecule has 0 aromatic rings. The van der Waals surface area contributed by atoms with Crippen molar-refractivity contribution in [2.75, 3.05) is 39.3 Å². The highest BCUT2D eigenvalue weighted by molar-refractivity contribution is 5.89. The number of primary amides is 1. The third-order valence-electron chi connectivity index (χ3n) is 13.2. The van der Waals surface area contributed by atoms with Gasteiger partial charge < -0.3 is 74.5 Å². The third kappa shape index (κ3) is 54.3. The van der Waals surface area contributed by atoms with Gasteiger partial charge in [-0.05, 0) is 97.2 Å². The fourth-order valence-corrected chi connectivity index (χ4v) is 8.94. The Bertz CT molecular complexity index is 1390. The molecule has 80 heavy (non-hydrogen) atoms. The molecular weight excluding hydrogens is 1010 g/mol. The minimum atomic E-state index is -0.684. The van der Waals surface area contributed by atoms with Crippen LogP contribution in [0.2, 0.25) is 0 Å². The summed E-state index contributed by atoms with van der Waals surface area (Å²) in [4.78, 5) is 79.4. The SMILES string of the molecule is CC(C)C[C@@H](C)CC(=O)[C@@H](N)CN.CC(C)C[C@@H](C)CC(=O)[C@@H](N)CN.CC(C)C[C@@H](C)CC(=O)[C@@H](N)CN.CC(C)C[C@@H](C)CC(=O)[C@@H](N)CN.CC(C)C[C@H](C)CC(=O)[C@@H](N)CN.CCC(C)[C@H](CC(=O)[C@@H](N)CN)C(N)=O. The summed E-state index contributed by atoms with van der Waals surface area (Å²) in [7, 11) is 0. The summed E-state index contributed by atoms with van der Waals surface area (Å²) in [5, 5.41) is 0. The van der Waals surface area contributed by atoms with Crippen LogP contribution in [0.1, 0.15) is 195 Å². The Kier molecular flexibility index (Phi) is 58.2. The van der Waals surface area contributed by atoms with E-state index in [9.17, 15) is 33.6 Å². The van der Waals surface area contributed by atoms with Gasteiger partial charge in [-0.25, -0.2) is 0 Å². The standard InChI is InChI=1S/C10H21N3O2.5C10H22N2O/c1-3-6(2)7(10(13)15)4-9(14)8(12)5-11;5*1-7(2)4-8(3)5-10(13)9(12)6-11/h6-8H,3-5,11-12H2,1-2H3,(H2,13,15);5*7-9H,4-6,11-12H2,1-3H3/t6?,7-,8-;4*8-,9+;8-,9-/m011110/s1. The van der Waals surface area contributed by atoms with Crippen LogP contribution in [0.4, 0.5) is 0 Å². The van der Waals surface area contributed by atoms with Gasteiger partial charge in [0.05, 0.1) is 36.3 Å². The van der Waals surface area contributed by atoms with Crippen LogP contribution >= 0.6 is 0 Å². The molecule has 0 bridgehead atoms. The van der Waals surface area contributed by atoms with Gasteiger partial charge in [0.25, 0.3) is 0 Å². The van der Waals surface area contributed by atoms with Crippen molar-refractivity contribution in [1.82, 2.24) is 0 Å². The molecule has 0 fully saturated rings. The number of hydrogen-bond donors (Lipinski definition) is 13. The van der Waals surface area contributed by atoms with Crippen molar-refractivity contribution in [3.05, 3.63) is 0 Å². The maximum absolute atomic E-state index is 11.5. The molecule has 478 valence electrons. The fraction of sp³-hybridized carbons (Fsp3) is 0.883. The Hall–Kier alpha value is -2.99. The Morgan fingerprint density at radius 3 is 0.550 bits per heavy atom. The Morgan fingerprint density at radius 2 is 0.438 bits per heavy atom. The lowest BCUT2D eigenvalue weighted by Gasteiger charge is -2.20. The second-order valence-electron chi connectivity index (χ2n) is 25.1. The monoisotopic (exact) mass is 1150 g/mol. The first-order valence-corrected chi connectivity index (χ1v) is 30.0. The molecule has 0 saturated heterocycles.